The van der Waals surface area contributed by atoms with Crippen LogP contribution < -0.4 is 11.1 Å². The first-order valence-electron chi connectivity index (χ1n) is 6.29. The van der Waals surface area contributed by atoms with Crippen LogP contribution >= 0.6 is 0 Å². The summed E-state index contributed by atoms with van der Waals surface area (Å²) in [4.78, 5) is 14.0. The number of hydrogen-bond acceptors (Lipinski definition) is 3. The maximum Gasteiger partial charge on any atom is 0.237 e. The molecule has 1 amide bonds. The minimum Gasteiger partial charge on any atom is -0.354 e. The van der Waals surface area contributed by atoms with Gasteiger partial charge in [0.2, 0.25) is 5.91 Å². The Hall–Kier alpha value is -0.870. The zero-order valence-electron chi connectivity index (χ0n) is 11.0. The summed E-state index contributed by atoms with van der Waals surface area (Å²) in [7, 11) is 2.14. The normalized spacial score (nSPS) is 21.8. The molecule has 17 heavy (non-hydrogen) atoms. The summed E-state index contributed by atoms with van der Waals surface area (Å²) in [6.07, 6.45) is 4.47. The van der Waals surface area contributed by atoms with Crippen LogP contribution in [0.1, 0.15) is 26.2 Å². The minimum absolute atomic E-state index is 0.0648. The first-order valence-corrected chi connectivity index (χ1v) is 6.29. The van der Waals surface area contributed by atoms with Gasteiger partial charge in [-0.05, 0) is 44.8 Å². The molecule has 1 heterocycles. The molecule has 1 saturated heterocycles. The fourth-order valence-corrected chi connectivity index (χ4v) is 2.05. The summed E-state index contributed by atoms with van der Waals surface area (Å²) >= 11 is 0. The van der Waals surface area contributed by atoms with E-state index in [-0.39, 0.29) is 11.3 Å². The predicted octanol–water partition coefficient (Wildman–Crippen LogP) is 0.738. The van der Waals surface area contributed by atoms with E-state index in [2.05, 4.69) is 30.8 Å². The summed E-state index contributed by atoms with van der Waals surface area (Å²) in [6.45, 7) is 8.76. The summed E-state index contributed by atoms with van der Waals surface area (Å²) in [5.41, 5.74) is 5.94. The number of carbonyl (C=O) groups is 1. The highest BCUT2D eigenvalue weighted by molar-refractivity contribution is 5.81. The van der Waals surface area contributed by atoms with Crippen molar-refractivity contribution in [3.05, 3.63) is 12.7 Å². The molecule has 0 aliphatic carbocycles. The van der Waals surface area contributed by atoms with Crippen molar-refractivity contribution in [2.75, 3.05) is 26.7 Å². The van der Waals surface area contributed by atoms with Crippen molar-refractivity contribution < 1.29 is 4.79 Å². The van der Waals surface area contributed by atoms with E-state index in [0.29, 0.717) is 6.42 Å². The van der Waals surface area contributed by atoms with Crippen LogP contribution in [0.15, 0.2) is 12.7 Å². The van der Waals surface area contributed by atoms with E-state index in [4.69, 9.17) is 5.73 Å². The maximum atomic E-state index is 11.7. The Morgan fingerprint density at radius 2 is 2.18 bits per heavy atom. The van der Waals surface area contributed by atoms with Crippen molar-refractivity contribution in [3.8, 4) is 0 Å². The molecule has 3 N–H and O–H groups in total. The highest BCUT2D eigenvalue weighted by Crippen LogP contribution is 2.29. The fourth-order valence-electron chi connectivity index (χ4n) is 2.05. The zero-order chi connectivity index (χ0) is 12.9. The molecule has 4 heteroatoms. The monoisotopic (exact) mass is 239 g/mol. The van der Waals surface area contributed by atoms with Crippen molar-refractivity contribution in [3.63, 3.8) is 0 Å². The third kappa shape index (κ3) is 4.48. The second kappa shape index (κ2) is 6.17. The summed E-state index contributed by atoms with van der Waals surface area (Å²) in [5.74, 6) is -0.0648. The third-order valence-corrected chi connectivity index (χ3v) is 3.64. The number of hydrogen-bond donors (Lipinski definition) is 2. The lowest BCUT2D eigenvalue weighted by Crippen LogP contribution is -2.47. The van der Waals surface area contributed by atoms with Gasteiger partial charge in [-0.3, -0.25) is 4.79 Å². The van der Waals surface area contributed by atoms with Crippen LogP contribution in [0.4, 0.5) is 0 Å². The van der Waals surface area contributed by atoms with E-state index < -0.39 is 6.04 Å². The zero-order valence-corrected chi connectivity index (χ0v) is 11.0. The standard InChI is InChI=1S/C13H25N3O/c1-4-5-11(14)12(17)15-10-13(2)6-8-16(3)9-7-13/h4,11H,1,5-10,14H2,2-3H3,(H,15,17). The number of piperidine rings is 1. The topological polar surface area (TPSA) is 58.4 Å². The lowest BCUT2D eigenvalue weighted by atomic mass is 9.80. The molecule has 1 atom stereocenters. The predicted molar refractivity (Wildman–Crippen MR) is 70.6 cm³/mol. The Morgan fingerprint density at radius 3 is 2.71 bits per heavy atom. The number of nitrogens with zero attached hydrogens (tertiary/aromatic N) is 1. The van der Waals surface area contributed by atoms with Crippen molar-refractivity contribution in [1.29, 1.82) is 0 Å². The van der Waals surface area contributed by atoms with Gasteiger partial charge in [0.05, 0.1) is 6.04 Å². The van der Waals surface area contributed by atoms with Gasteiger partial charge in [0.1, 0.15) is 0 Å². The smallest absolute Gasteiger partial charge is 0.237 e. The molecule has 98 valence electrons. The number of rotatable bonds is 5. The number of nitrogens with one attached hydrogen (secondary N) is 1. The first-order chi connectivity index (χ1) is 7.97. The first kappa shape index (κ1) is 14.2. The van der Waals surface area contributed by atoms with Gasteiger partial charge in [-0.2, -0.15) is 0 Å². The van der Waals surface area contributed by atoms with E-state index in [9.17, 15) is 4.79 Å². The second-order valence-corrected chi connectivity index (χ2v) is 5.46. The van der Waals surface area contributed by atoms with E-state index >= 15 is 0 Å². The van der Waals surface area contributed by atoms with Gasteiger partial charge >= 0.3 is 0 Å². The largest absolute Gasteiger partial charge is 0.354 e. The molecule has 0 aromatic carbocycles. The molecule has 0 aromatic rings. The third-order valence-electron chi connectivity index (χ3n) is 3.64. The van der Waals surface area contributed by atoms with E-state index in [1.807, 2.05) is 0 Å². The van der Waals surface area contributed by atoms with Crippen LogP contribution in [0, 0.1) is 5.41 Å². The van der Waals surface area contributed by atoms with Crippen molar-refractivity contribution in [1.82, 2.24) is 10.2 Å². The van der Waals surface area contributed by atoms with Gasteiger partial charge in [-0.1, -0.05) is 13.0 Å². The molecular weight excluding hydrogens is 214 g/mol. The number of nitrogens with two attached hydrogens (primary N) is 1. The van der Waals surface area contributed by atoms with E-state index in [1.165, 1.54) is 0 Å². The molecule has 0 bridgehead atoms. The van der Waals surface area contributed by atoms with Crippen LogP contribution in [0.2, 0.25) is 0 Å². The van der Waals surface area contributed by atoms with Crippen molar-refractivity contribution >= 4 is 5.91 Å². The van der Waals surface area contributed by atoms with Crippen LogP contribution in [-0.4, -0.2) is 43.5 Å². The van der Waals surface area contributed by atoms with Crippen molar-refractivity contribution in [2.24, 2.45) is 11.1 Å². The molecule has 1 fully saturated rings. The van der Waals surface area contributed by atoms with E-state index in [0.717, 1.165) is 32.5 Å². The Morgan fingerprint density at radius 1 is 1.59 bits per heavy atom. The fraction of sp³-hybridized carbons (Fsp3) is 0.769. The molecular formula is C13H25N3O. The SMILES string of the molecule is C=CCC(N)C(=O)NCC1(C)CCN(C)CC1. The maximum absolute atomic E-state index is 11.7. The van der Waals surface area contributed by atoms with Crippen LogP contribution in [-0.2, 0) is 4.79 Å². The average Bonchev–Trinajstić information content (AvgIpc) is 2.31. The molecule has 0 spiro atoms. The van der Waals surface area contributed by atoms with Crippen LogP contribution in [0.3, 0.4) is 0 Å². The Bertz CT molecular complexity index is 270. The second-order valence-electron chi connectivity index (χ2n) is 5.46. The summed E-state index contributed by atoms with van der Waals surface area (Å²) < 4.78 is 0. The Balaban J connectivity index is 2.34. The van der Waals surface area contributed by atoms with Gasteiger partial charge in [0.15, 0.2) is 0 Å². The Labute approximate surface area is 104 Å². The molecule has 0 saturated carbocycles. The molecule has 1 rings (SSSR count). The average molecular weight is 239 g/mol. The molecule has 4 nitrogen and oxygen atoms in total. The van der Waals surface area contributed by atoms with Gasteiger partial charge in [0.25, 0.3) is 0 Å². The van der Waals surface area contributed by atoms with Gasteiger partial charge < -0.3 is 16.0 Å². The van der Waals surface area contributed by atoms with Gasteiger partial charge in [-0.25, -0.2) is 0 Å². The highest BCUT2D eigenvalue weighted by atomic mass is 16.2. The molecule has 1 aliphatic heterocycles. The van der Waals surface area contributed by atoms with Crippen LogP contribution in [0.5, 0.6) is 0 Å². The summed E-state index contributed by atoms with van der Waals surface area (Å²) in [6, 6.07) is -0.456. The van der Waals surface area contributed by atoms with Gasteiger partial charge in [-0.15, -0.1) is 6.58 Å². The van der Waals surface area contributed by atoms with Crippen molar-refractivity contribution in [2.45, 2.75) is 32.2 Å². The number of likely N-dealkylation sites (tertiary alicyclic amines) is 1. The summed E-state index contributed by atoms with van der Waals surface area (Å²) in [5, 5.41) is 2.96. The van der Waals surface area contributed by atoms with Crippen LogP contribution in [0.25, 0.3) is 0 Å². The number of carbonyl (C=O) groups excluding carboxylic acids is 1. The lowest BCUT2D eigenvalue weighted by Gasteiger charge is -2.38. The highest BCUT2D eigenvalue weighted by Gasteiger charge is 2.29. The Kier molecular flexibility index (Phi) is 5.15. The number of amides is 1. The molecule has 1 unspecified atom stereocenters. The van der Waals surface area contributed by atoms with E-state index in [1.54, 1.807) is 6.08 Å². The molecule has 1 aliphatic rings. The molecule has 0 aromatic heterocycles. The molecule has 0 radical (unpaired) electrons. The quantitative estimate of drug-likeness (QED) is 0.696. The van der Waals surface area contributed by atoms with Gasteiger partial charge in [0, 0.05) is 6.54 Å². The minimum atomic E-state index is -0.456. The lowest BCUT2D eigenvalue weighted by molar-refractivity contribution is -0.122.